The topological polar surface area (TPSA) is 72.5 Å². The Kier molecular flexibility index (Phi) is 7.12. The number of imidazole rings is 1. The van der Waals surface area contributed by atoms with Crippen molar-refractivity contribution in [2.45, 2.75) is 33.0 Å². The van der Waals surface area contributed by atoms with Gasteiger partial charge in [0.2, 0.25) is 0 Å². The molecule has 0 aliphatic rings. The SMILES string of the molecule is CCOc1ccc(CN(CCCn2ccnc2)C(=O)NCc2ccoc2)cc1. The maximum Gasteiger partial charge on any atom is 0.317 e. The van der Waals surface area contributed by atoms with Gasteiger partial charge in [-0.3, -0.25) is 0 Å². The molecule has 0 fully saturated rings. The Hall–Kier alpha value is -3.22. The molecule has 28 heavy (non-hydrogen) atoms. The summed E-state index contributed by atoms with van der Waals surface area (Å²) in [5.74, 6) is 0.835. The molecule has 0 saturated carbocycles. The van der Waals surface area contributed by atoms with Gasteiger partial charge in [-0.25, -0.2) is 9.78 Å². The molecule has 0 radical (unpaired) electrons. The summed E-state index contributed by atoms with van der Waals surface area (Å²) in [6.07, 6.45) is 9.55. The highest BCUT2D eigenvalue weighted by molar-refractivity contribution is 5.74. The number of urea groups is 1. The molecule has 0 spiro atoms. The van der Waals surface area contributed by atoms with Crippen LogP contribution in [0.5, 0.6) is 5.75 Å². The van der Waals surface area contributed by atoms with E-state index < -0.39 is 0 Å². The van der Waals surface area contributed by atoms with E-state index in [1.54, 1.807) is 25.1 Å². The number of nitrogens with zero attached hydrogens (tertiary/aromatic N) is 3. The summed E-state index contributed by atoms with van der Waals surface area (Å²) >= 11 is 0. The lowest BCUT2D eigenvalue weighted by Gasteiger charge is -2.23. The van der Waals surface area contributed by atoms with Crippen molar-refractivity contribution in [1.82, 2.24) is 19.8 Å². The van der Waals surface area contributed by atoms with E-state index in [4.69, 9.17) is 9.15 Å². The number of hydrogen-bond acceptors (Lipinski definition) is 4. The van der Waals surface area contributed by atoms with Crippen LogP contribution >= 0.6 is 0 Å². The highest BCUT2D eigenvalue weighted by Crippen LogP contribution is 2.14. The van der Waals surface area contributed by atoms with Crippen LogP contribution in [-0.4, -0.2) is 33.6 Å². The van der Waals surface area contributed by atoms with Gasteiger partial charge in [0.25, 0.3) is 0 Å². The minimum atomic E-state index is -0.0966. The van der Waals surface area contributed by atoms with Crippen LogP contribution in [0.2, 0.25) is 0 Å². The van der Waals surface area contributed by atoms with Gasteiger partial charge >= 0.3 is 6.03 Å². The molecule has 0 aliphatic carbocycles. The van der Waals surface area contributed by atoms with Crippen LogP contribution in [0.1, 0.15) is 24.5 Å². The van der Waals surface area contributed by atoms with Gasteiger partial charge in [0.05, 0.1) is 25.5 Å². The quantitative estimate of drug-likeness (QED) is 0.581. The van der Waals surface area contributed by atoms with Crippen LogP contribution in [0.4, 0.5) is 4.79 Å². The first-order chi connectivity index (χ1) is 13.7. The number of benzene rings is 1. The summed E-state index contributed by atoms with van der Waals surface area (Å²) in [7, 11) is 0. The number of carbonyl (C=O) groups excluding carboxylic acids is 1. The fourth-order valence-corrected chi connectivity index (χ4v) is 2.88. The monoisotopic (exact) mass is 382 g/mol. The third-order valence-electron chi connectivity index (χ3n) is 4.32. The summed E-state index contributed by atoms with van der Waals surface area (Å²) in [6, 6.07) is 9.61. The summed E-state index contributed by atoms with van der Waals surface area (Å²) in [5, 5.41) is 2.96. The fourth-order valence-electron chi connectivity index (χ4n) is 2.88. The third-order valence-corrected chi connectivity index (χ3v) is 4.32. The van der Waals surface area contributed by atoms with E-state index in [2.05, 4.69) is 10.3 Å². The number of aryl methyl sites for hydroxylation is 1. The average Bonchev–Trinajstić information content (AvgIpc) is 3.41. The van der Waals surface area contributed by atoms with E-state index in [-0.39, 0.29) is 6.03 Å². The van der Waals surface area contributed by atoms with Crippen LogP contribution in [0, 0.1) is 0 Å². The first kappa shape index (κ1) is 19.5. The van der Waals surface area contributed by atoms with Crippen molar-refractivity contribution in [2.75, 3.05) is 13.2 Å². The number of hydrogen-bond donors (Lipinski definition) is 1. The maximum absolute atomic E-state index is 12.7. The van der Waals surface area contributed by atoms with Crippen molar-refractivity contribution >= 4 is 6.03 Å². The van der Waals surface area contributed by atoms with Gasteiger partial charge in [-0.1, -0.05) is 12.1 Å². The van der Waals surface area contributed by atoms with Gasteiger partial charge in [-0.15, -0.1) is 0 Å². The van der Waals surface area contributed by atoms with E-state index >= 15 is 0 Å². The number of nitrogens with one attached hydrogen (secondary N) is 1. The number of ether oxygens (including phenoxy) is 1. The van der Waals surface area contributed by atoms with E-state index in [1.165, 1.54) is 0 Å². The molecule has 148 valence electrons. The maximum atomic E-state index is 12.7. The van der Waals surface area contributed by atoms with Crippen LogP contribution in [0.25, 0.3) is 0 Å². The highest BCUT2D eigenvalue weighted by Gasteiger charge is 2.14. The van der Waals surface area contributed by atoms with Crippen molar-refractivity contribution in [2.24, 2.45) is 0 Å². The fraction of sp³-hybridized carbons (Fsp3) is 0.333. The van der Waals surface area contributed by atoms with Gasteiger partial charge in [0, 0.05) is 44.1 Å². The zero-order valence-electron chi connectivity index (χ0n) is 16.1. The van der Waals surface area contributed by atoms with Gasteiger partial charge in [0.15, 0.2) is 0 Å². The minimum Gasteiger partial charge on any atom is -0.494 e. The molecule has 3 rings (SSSR count). The Labute approximate surface area is 164 Å². The lowest BCUT2D eigenvalue weighted by Crippen LogP contribution is -2.40. The lowest BCUT2D eigenvalue weighted by molar-refractivity contribution is 0.193. The summed E-state index contributed by atoms with van der Waals surface area (Å²) in [4.78, 5) is 18.6. The molecule has 1 N–H and O–H groups in total. The Morgan fingerprint density at radius 2 is 2.11 bits per heavy atom. The zero-order valence-corrected chi connectivity index (χ0v) is 16.1. The molecule has 0 atom stereocenters. The Bertz CT molecular complexity index is 814. The third kappa shape index (κ3) is 5.90. The summed E-state index contributed by atoms with van der Waals surface area (Å²) in [5.41, 5.74) is 2.00. The smallest absolute Gasteiger partial charge is 0.317 e. The van der Waals surface area contributed by atoms with Gasteiger partial charge in [0.1, 0.15) is 5.75 Å². The van der Waals surface area contributed by atoms with Crippen molar-refractivity contribution in [1.29, 1.82) is 0 Å². The van der Waals surface area contributed by atoms with E-state index in [9.17, 15) is 4.79 Å². The normalized spacial score (nSPS) is 10.6. The van der Waals surface area contributed by atoms with Gasteiger partial charge in [-0.2, -0.15) is 0 Å². The summed E-state index contributed by atoms with van der Waals surface area (Å²) in [6.45, 7) is 5.03. The number of carbonyl (C=O) groups is 1. The average molecular weight is 382 g/mol. The second-order valence-electron chi connectivity index (χ2n) is 6.44. The van der Waals surface area contributed by atoms with Gasteiger partial charge < -0.3 is 23.9 Å². The second-order valence-corrected chi connectivity index (χ2v) is 6.44. The number of aromatic nitrogens is 2. The second kappa shape index (κ2) is 10.2. The molecular weight excluding hydrogens is 356 g/mol. The number of amides is 2. The van der Waals surface area contributed by atoms with Crippen LogP contribution in [0.3, 0.4) is 0 Å². The minimum absolute atomic E-state index is 0.0966. The molecule has 7 heteroatoms. The zero-order chi connectivity index (χ0) is 19.6. The van der Waals surface area contributed by atoms with Crippen LogP contribution < -0.4 is 10.1 Å². The van der Waals surface area contributed by atoms with Crippen molar-refractivity contribution in [3.63, 3.8) is 0 Å². The van der Waals surface area contributed by atoms with E-state index in [1.807, 2.05) is 52.9 Å². The lowest BCUT2D eigenvalue weighted by atomic mass is 10.2. The molecule has 2 heterocycles. The van der Waals surface area contributed by atoms with E-state index in [0.717, 1.165) is 29.8 Å². The molecule has 3 aromatic rings. The molecule has 0 aliphatic heterocycles. The molecule has 2 aromatic heterocycles. The Balaban J connectivity index is 1.59. The van der Waals surface area contributed by atoms with Gasteiger partial charge in [-0.05, 0) is 37.1 Å². The Morgan fingerprint density at radius 3 is 2.79 bits per heavy atom. The first-order valence-electron chi connectivity index (χ1n) is 9.46. The highest BCUT2D eigenvalue weighted by atomic mass is 16.5. The van der Waals surface area contributed by atoms with Crippen molar-refractivity contribution in [3.8, 4) is 5.75 Å². The van der Waals surface area contributed by atoms with Crippen LogP contribution in [-0.2, 0) is 19.6 Å². The molecule has 1 aromatic carbocycles. The predicted molar refractivity (Wildman–Crippen MR) is 106 cm³/mol. The first-order valence-corrected chi connectivity index (χ1v) is 9.46. The standard InChI is InChI=1S/C21H26N4O3/c1-2-28-20-6-4-18(5-7-20)15-25(11-3-10-24-12-9-22-17-24)21(26)23-14-19-8-13-27-16-19/h4-9,12-13,16-17H,2-3,10-11,14-15H2,1H3,(H,23,26). The molecular formula is C21H26N4O3. The van der Waals surface area contributed by atoms with E-state index in [0.29, 0.717) is 26.2 Å². The molecule has 7 nitrogen and oxygen atoms in total. The molecule has 0 bridgehead atoms. The van der Waals surface area contributed by atoms with Crippen molar-refractivity contribution < 1.29 is 13.9 Å². The van der Waals surface area contributed by atoms with Crippen LogP contribution in [0.15, 0.2) is 66.0 Å². The molecule has 0 saturated heterocycles. The Morgan fingerprint density at radius 1 is 1.25 bits per heavy atom. The molecule has 0 unspecified atom stereocenters. The predicted octanol–water partition coefficient (Wildman–Crippen LogP) is 3.68. The number of furan rings is 1. The molecule has 2 amide bonds. The largest absolute Gasteiger partial charge is 0.494 e. The summed E-state index contributed by atoms with van der Waals surface area (Å²) < 4.78 is 12.6. The number of rotatable bonds is 10. The van der Waals surface area contributed by atoms with Crippen molar-refractivity contribution in [3.05, 3.63) is 72.7 Å².